The molecule has 1 aliphatic heterocycles. The highest BCUT2D eigenvalue weighted by Gasteiger charge is 2.19. The van der Waals surface area contributed by atoms with E-state index in [1.807, 2.05) is 30.3 Å². The standard InChI is InChI=1S/C24H31ClN4O/c1-24(2,3)21-10-8-19(9-11-21)16-26-27-23(30)18-29-14-12-28(13-15-29)17-20-6-4-5-7-22(20)25/h4-11,16H,12-15,17-18H2,1-3H3,(H,27,30)/b26-16-. The molecule has 160 valence electrons. The normalized spacial score (nSPS) is 16.1. The van der Waals surface area contributed by atoms with E-state index in [0.29, 0.717) is 6.54 Å². The maximum absolute atomic E-state index is 12.2. The van der Waals surface area contributed by atoms with Crippen molar-refractivity contribution >= 4 is 23.7 Å². The van der Waals surface area contributed by atoms with Gasteiger partial charge >= 0.3 is 0 Å². The van der Waals surface area contributed by atoms with Gasteiger partial charge in [-0.2, -0.15) is 5.10 Å². The lowest BCUT2D eigenvalue weighted by Gasteiger charge is -2.34. The second-order valence-corrected chi connectivity index (χ2v) is 9.22. The van der Waals surface area contributed by atoms with Crippen LogP contribution in [0.3, 0.4) is 0 Å². The lowest BCUT2D eigenvalue weighted by molar-refractivity contribution is -0.122. The Morgan fingerprint density at radius 1 is 1.03 bits per heavy atom. The predicted octanol–water partition coefficient (Wildman–Crippen LogP) is 3.91. The largest absolute Gasteiger partial charge is 0.296 e. The topological polar surface area (TPSA) is 47.9 Å². The summed E-state index contributed by atoms with van der Waals surface area (Å²) in [6.07, 6.45) is 1.69. The first-order valence-corrected chi connectivity index (χ1v) is 10.8. The number of nitrogens with one attached hydrogen (secondary N) is 1. The van der Waals surface area contributed by atoms with E-state index >= 15 is 0 Å². The summed E-state index contributed by atoms with van der Waals surface area (Å²) in [5.74, 6) is -0.0860. The number of halogens is 1. The van der Waals surface area contributed by atoms with E-state index < -0.39 is 0 Å². The number of nitrogens with zero attached hydrogens (tertiary/aromatic N) is 3. The average Bonchev–Trinajstić information content (AvgIpc) is 2.71. The maximum atomic E-state index is 12.2. The van der Waals surface area contributed by atoms with Gasteiger partial charge in [-0.1, -0.05) is 74.8 Å². The second-order valence-electron chi connectivity index (χ2n) is 8.81. The van der Waals surface area contributed by atoms with Crippen molar-refractivity contribution in [1.29, 1.82) is 0 Å². The van der Waals surface area contributed by atoms with Gasteiger partial charge in [0.15, 0.2) is 0 Å². The van der Waals surface area contributed by atoms with Crippen molar-refractivity contribution in [3.8, 4) is 0 Å². The van der Waals surface area contributed by atoms with Crippen LogP contribution >= 0.6 is 11.6 Å². The van der Waals surface area contributed by atoms with Gasteiger partial charge in [0, 0.05) is 37.7 Å². The number of carbonyl (C=O) groups is 1. The molecule has 5 nitrogen and oxygen atoms in total. The van der Waals surface area contributed by atoms with Gasteiger partial charge in [0.1, 0.15) is 0 Å². The van der Waals surface area contributed by atoms with Crippen molar-refractivity contribution in [2.24, 2.45) is 5.10 Å². The van der Waals surface area contributed by atoms with Gasteiger partial charge in [0.05, 0.1) is 12.8 Å². The van der Waals surface area contributed by atoms with Crippen molar-refractivity contribution in [1.82, 2.24) is 15.2 Å². The second kappa shape index (κ2) is 10.2. The van der Waals surface area contributed by atoms with Crippen LogP contribution in [0.2, 0.25) is 5.02 Å². The molecule has 6 heteroatoms. The summed E-state index contributed by atoms with van der Waals surface area (Å²) in [5.41, 5.74) is 6.16. The SMILES string of the molecule is CC(C)(C)c1ccc(/C=N\NC(=O)CN2CCN(Cc3ccccc3Cl)CC2)cc1. The first kappa shape index (κ1) is 22.5. The van der Waals surface area contributed by atoms with E-state index in [-0.39, 0.29) is 11.3 Å². The smallest absolute Gasteiger partial charge is 0.254 e. The molecular formula is C24H31ClN4O. The zero-order valence-electron chi connectivity index (χ0n) is 18.1. The van der Waals surface area contributed by atoms with Gasteiger partial charge in [0.2, 0.25) is 0 Å². The van der Waals surface area contributed by atoms with Crippen LogP contribution in [0.25, 0.3) is 0 Å². The Kier molecular flexibility index (Phi) is 7.64. The third-order valence-electron chi connectivity index (χ3n) is 5.36. The van der Waals surface area contributed by atoms with Gasteiger partial charge in [-0.25, -0.2) is 5.43 Å². The minimum atomic E-state index is -0.0860. The molecule has 2 aromatic carbocycles. The lowest BCUT2D eigenvalue weighted by atomic mass is 9.87. The molecule has 0 spiro atoms. The molecule has 0 aromatic heterocycles. The van der Waals surface area contributed by atoms with E-state index in [4.69, 9.17) is 11.6 Å². The Morgan fingerprint density at radius 2 is 1.67 bits per heavy atom. The Morgan fingerprint density at radius 3 is 2.30 bits per heavy atom. The molecule has 1 saturated heterocycles. The van der Waals surface area contributed by atoms with Gasteiger partial charge in [0.25, 0.3) is 5.91 Å². The Balaban J connectivity index is 1.39. The van der Waals surface area contributed by atoms with Gasteiger partial charge in [-0.05, 0) is 28.2 Å². The third kappa shape index (κ3) is 6.66. The molecular weight excluding hydrogens is 396 g/mol. The van der Waals surface area contributed by atoms with Crippen molar-refractivity contribution in [2.45, 2.75) is 32.7 Å². The molecule has 1 heterocycles. The van der Waals surface area contributed by atoms with Crippen LogP contribution < -0.4 is 5.43 Å². The number of hydrogen-bond acceptors (Lipinski definition) is 4. The van der Waals surface area contributed by atoms with E-state index in [2.05, 4.69) is 59.3 Å². The lowest BCUT2D eigenvalue weighted by Crippen LogP contribution is -2.48. The quantitative estimate of drug-likeness (QED) is 0.562. The zero-order valence-corrected chi connectivity index (χ0v) is 18.8. The fourth-order valence-corrected chi connectivity index (χ4v) is 3.65. The summed E-state index contributed by atoms with van der Waals surface area (Å²) in [7, 11) is 0. The number of benzene rings is 2. The molecule has 0 atom stereocenters. The zero-order chi connectivity index (χ0) is 21.6. The molecule has 0 unspecified atom stereocenters. The van der Waals surface area contributed by atoms with Crippen LogP contribution in [0, 0.1) is 0 Å². The number of hydrazone groups is 1. The number of carbonyl (C=O) groups excluding carboxylic acids is 1. The molecule has 1 fully saturated rings. The molecule has 0 radical (unpaired) electrons. The minimum absolute atomic E-state index is 0.0860. The summed E-state index contributed by atoms with van der Waals surface area (Å²) >= 11 is 6.26. The average molecular weight is 427 g/mol. The number of rotatable bonds is 6. The first-order valence-electron chi connectivity index (χ1n) is 10.4. The van der Waals surface area contributed by atoms with E-state index in [1.54, 1.807) is 6.21 Å². The Bertz CT molecular complexity index is 866. The summed E-state index contributed by atoms with van der Waals surface area (Å²) < 4.78 is 0. The van der Waals surface area contributed by atoms with Gasteiger partial charge < -0.3 is 0 Å². The highest BCUT2D eigenvalue weighted by atomic mass is 35.5. The van der Waals surface area contributed by atoms with E-state index in [9.17, 15) is 4.79 Å². The Labute approximate surface area is 184 Å². The number of piperazine rings is 1. The fraction of sp³-hybridized carbons (Fsp3) is 0.417. The summed E-state index contributed by atoms with van der Waals surface area (Å²) in [4.78, 5) is 16.7. The molecule has 0 saturated carbocycles. The number of amides is 1. The van der Waals surface area contributed by atoms with Gasteiger partial charge in [-0.15, -0.1) is 0 Å². The predicted molar refractivity (Wildman–Crippen MR) is 124 cm³/mol. The Hall–Kier alpha value is -2.21. The van der Waals surface area contributed by atoms with Crippen molar-refractivity contribution in [2.75, 3.05) is 32.7 Å². The molecule has 1 aliphatic rings. The molecule has 1 N–H and O–H groups in total. The highest BCUT2D eigenvalue weighted by Crippen LogP contribution is 2.21. The maximum Gasteiger partial charge on any atom is 0.254 e. The first-order chi connectivity index (χ1) is 14.3. The van der Waals surface area contributed by atoms with Crippen molar-refractivity contribution in [3.63, 3.8) is 0 Å². The molecule has 30 heavy (non-hydrogen) atoms. The molecule has 0 bridgehead atoms. The van der Waals surface area contributed by atoms with E-state index in [0.717, 1.165) is 48.9 Å². The van der Waals surface area contributed by atoms with Crippen LogP contribution in [-0.4, -0.2) is 54.6 Å². The van der Waals surface area contributed by atoms with E-state index in [1.165, 1.54) is 5.56 Å². The summed E-state index contributed by atoms with van der Waals surface area (Å²) in [5, 5.41) is 4.91. The van der Waals surface area contributed by atoms with Crippen LogP contribution in [0.4, 0.5) is 0 Å². The van der Waals surface area contributed by atoms with Crippen molar-refractivity contribution < 1.29 is 4.79 Å². The fourth-order valence-electron chi connectivity index (χ4n) is 3.46. The molecule has 2 aromatic rings. The molecule has 0 aliphatic carbocycles. The minimum Gasteiger partial charge on any atom is -0.296 e. The number of hydrogen-bond donors (Lipinski definition) is 1. The van der Waals surface area contributed by atoms with Crippen molar-refractivity contribution in [3.05, 3.63) is 70.2 Å². The van der Waals surface area contributed by atoms with Crippen LogP contribution in [-0.2, 0) is 16.8 Å². The molecule has 3 rings (SSSR count). The van der Waals surface area contributed by atoms with Crippen LogP contribution in [0.15, 0.2) is 53.6 Å². The molecule has 1 amide bonds. The highest BCUT2D eigenvalue weighted by molar-refractivity contribution is 6.31. The summed E-state index contributed by atoms with van der Waals surface area (Å²) in [6, 6.07) is 16.2. The summed E-state index contributed by atoms with van der Waals surface area (Å²) in [6.45, 7) is 11.3. The third-order valence-corrected chi connectivity index (χ3v) is 5.73. The monoisotopic (exact) mass is 426 g/mol. The van der Waals surface area contributed by atoms with Gasteiger partial charge in [-0.3, -0.25) is 14.6 Å². The van der Waals surface area contributed by atoms with Crippen LogP contribution in [0.5, 0.6) is 0 Å². The van der Waals surface area contributed by atoms with Crippen LogP contribution in [0.1, 0.15) is 37.5 Å².